The van der Waals surface area contributed by atoms with Crippen LogP contribution in [0.1, 0.15) is 19.8 Å². The van der Waals surface area contributed by atoms with Gasteiger partial charge in [-0.1, -0.05) is 36.5 Å². The number of hydrogen-bond donors (Lipinski definition) is 1. The van der Waals surface area contributed by atoms with Crippen LogP contribution in [-0.4, -0.2) is 21.0 Å². The van der Waals surface area contributed by atoms with Crippen molar-refractivity contribution < 1.29 is 5.21 Å². The Morgan fingerprint density at radius 3 is 2.40 bits per heavy atom. The van der Waals surface area contributed by atoms with E-state index in [1.807, 2.05) is 6.92 Å². The summed E-state index contributed by atoms with van der Waals surface area (Å²) in [6, 6.07) is 11.9. The average molecular weight is 378 g/mol. The van der Waals surface area contributed by atoms with Gasteiger partial charge in [-0.15, -0.1) is 0 Å². The van der Waals surface area contributed by atoms with Crippen LogP contribution in [0.4, 0.5) is 0 Å². The van der Waals surface area contributed by atoms with Crippen LogP contribution in [0.2, 0.25) is 10.0 Å². The number of benzene rings is 2. The molecule has 1 heterocycles. The van der Waals surface area contributed by atoms with Gasteiger partial charge in [-0.2, -0.15) is 4.73 Å². The van der Waals surface area contributed by atoms with Crippen LogP contribution in [0.15, 0.2) is 52.3 Å². The molecule has 0 aliphatic heterocycles. The van der Waals surface area contributed by atoms with E-state index >= 15 is 0 Å². The highest BCUT2D eigenvalue weighted by molar-refractivity contribution is 6.31. The molecule has 0 saturated carbocycles. The molecule has 0 saturated heterocycles. The number of unbranched alkanes of at least 4 members (excludes halogenated alkanes) is 1. The Morgan fingerprint density at radius 1 is 1.04 bits per heavy atom. The second-order valence-corrected chi connectivity index (χ2v) is 6.49. The third kappa shape index (κ3) is 3.43. The van der Waals surface area contributed by atoms with Crippen LogP contribution in [-0.2, 0) is 0 Å². The molecule has 0 radical (unpaired) electrons. The van der Waals surface area contributed by atoms with Gasteiger partial charge in [-0.3, -0.25) is 14.4 Å². The molecule has 0 amide bonds. The summed E-state index contributed by atoms with van der Waals surface area (Å²) in [5.74, 6) is 0. The summed E-state index contributed by atoms with van der Waals surface area (Å²) >= 11 is 12.0. The minimum absolute atomic E-state index is 0.0295. The first-order chi connectivity index (χ1) is 12.0. The molecule has 0 atom stereocenters. The first-order valence-electron chi connectivity index (χ1n) is 7.96. The van der Waals surface area contributed by atoms with Crippen LogP contribution < -0.4 is 11.0 Å². The number of hydrogen-bond acceptors (Lipinski definition) is 3. The maximum absolute atomic E-state index is 13.0. The number of fused-ring (bicyclic) bond motifs is 1. The Balaban J connectivity index is 2.40. The summed E-state index contributed by atoms with van der Waals surface area (Å²) in [6.07, 6.45) is 1.77. The lowest BCUT2D eigenvalue weighted by Crippen LogP contribution is -2.41. The maximum atomic E-state index is 13.0. The van der Waals surface area contributed by atoms with Crippen molar-refractivity contribution in [1.82, 2.24) is 9.30 Å². The first kappa shape index (κ1) is 17.6. The summed E-state index contributed by atoms with van der Waals surface area (Å²) in [5, 5.41) is 11.5. The van der Waals surface area contributed by atoms with E-state index in [1.54, 1.807) is 42.5 Å². The Bertz CT molecular complexity index is 1040. The second kappa shape index (κ2) is 7.33. The largest absolute Gasteiger partial charge is 0.426 e. The lowest BCUT2D eigenvalue weighted by Gasteiger charge is -2.13. The van der Waals surface area contributed by atoms with E-state index in [4.69, 9.17) is 23.2 Å². The van der Waals surface area contributed by atoms with Crippen molar-refractivity contribution >= 4 is 34.2 Å². The van der Waals surface area contributed by atoms with Crippen molar-refractivity contribution in [3.8, 4) is 5.69 Å². The molecular weight excluding hydrogens is 361 g/mol. The third-order valence-electron chi connectivity index (χ3n) is 3.86. The molecule has 0 spiro atoms. The Hall–Kier alpha value is -2.24. The van der Waals surface area contributed by atoms with E-state index in [2.05, 4.69) is 4.99 Å². The summed E-state index contributed by atoms with van der Waals surface area (Å²) in [4.78, 5) is 17.3. The molecule has 1 aromatic heterocycles. The minimum atomic E-state index is -0.407. The van der Waals surface area contributed by atoms with Crippen molar-refractivity contribution in [3.63, 3.8) is 0 Å². The fourth-order valence-corrected chi connectivity index (χ4v) is 2.89. The molecule has 3 aromatic rings. The SMILES string of the molecule is CCCCN=c1c(=O)n(-c2ccc(Cl)cc2)c2ccc(Cl)cc2n1O. The lowest BCUT2D eigenvalue weighted by molar-refractivity contribution is 0.182. The zero-order valence-electron chi connectivity index (χ0n) is 13.6. The van der Waals surface area contributed by atoms with Crippen molar-refractivity contribution in [3.05, 3.63) is 68.4 Å². The smallest absolute Gasteiger partial charge is 0.301 e. The van der Waals surface area contributed by atoms with E-state index in [1.165, 1.54) is 4.57 Å². The topological polar surface area (TPSA) is 59.5 Å². The highest BCUT2D eigenvalue weighted by atomic mass is 35.5. The molecule has 0 aliphatic rings. The summed E-state index contributed by atoms with van der Waals surface area (Å²) in [5.41, 5.74) is 1.12. The standard InChI is InChI=1S/C18H17Cl2N3O2/c1-2-3-10-21-17-18(24)22(14-7-4-12(19)5-8-14)15-9-6-13(20)11-16(15)23(17)25/h4-9,11,25H,2-3,10H2,1H3. The lowest BCUT2D eigenvalue weighted by atomic mass is 10.2. The van der Waals surface area contributed by atoms with Gasteiger partial charge in [0.15, 0.2) is 0 Å². The number of nitrogens with zero attached hydrogens (tertiary/aromatic N) is 3. The van der Waals surface area contributed by atoms with E-state index in [0.29, 0.717) is 33.3 Å². The Morgan fingerprint density at radius 2 is 1.72 bits per heavy atom. The molecule has 5 nitrogen and oxygen atoms in total. The average Bonchev–Trinajstić information content (AvgIpc) is 2.60. The molecule has 3 rings (SSSR count). The molecule has 0 fully saturated rings. The molecule has 2 aromatic carbocycles. The van der Waals surface area contributed by atoms with Crippen LogP contribution in [0.25, 0.3) is 16.7 Å². The van der Waals surface area contributed by atoms with Crippen molar-refractivity contribution in [2.75, 3.05) is 6.54 Å². The predicted molar refractivity (Wildman–Crippen MR) is 100 cm³/mol. The second-order valence-electron chi connectivity index (χ2n) is 5.62. The normalized spacial score (nSPS) is 12.0. The minimum Gasteiger partial charge on any atom is -0.426 e. The van der Waals surface area contributed by atoms with E-state index < -0.39 is 5.56 Å². The Kier molecular flexibility index (Phi) is 5.16. The van der Waals surface area contributed by atoms with Crippen LogP contribution in [0, 0.1) is 0 Å². The van der Waals surface area contributed by atoms with Crippen LogP contribution in [0.3, 0.4) is 0 Å². The molecule has 130 valence electrons. The quantitative estimate of drug-likeness (QED) is 0.550. The maximum Gasteiger partial charge on any atom is 0.301 e. The van der Waals surface area contributed by atoms with Crippen molar-refractivity contribution in [1.29, 1.82) is 0 Å². The fraction of sp³-hybridized carbons (Fsp3) is 0.222. The van der Waals surface area contributed by atoms with Gasteiger partial charge in [0.25, 0.3) is 0 Å². The highest BCUT2D eigenvalue weighted by Gasteiger charge is 2.13. The third-order valence-corrected chi connectivity index (χ3v) is 4.35. The molecule has 1 N–H and O–H groups in total. The monoisotopic (exact) mass is 377 g/mol. The highest BCUT2D eigenvalue weighted by Crippen LogP contribution is 2.20. The molecule has 0 bridgehead atoms. The predicted octanol–water partition coefficient (Wildman–Crippen LogP) is 4.04. The molecule has 0 aliphatic carbocycles. The van der Waals surface area contributed by atoms with Gasteiger partial charge in [-0.25, -0.2) is 0 Å². The van der Waals surface area contributed by atoms with Gasteiger partial charge < -0.3 is 5.21 Å². The number of rotatable bonds is 4. The van der Waals surface area contributed by atoms with Gasteiger partial charge in [0.05, 0.1) is 5.52 Å². The zero-order valence-corrected chi connectivity index (χ0v) is 15.1. The fourth-order valence-electron chi connectivity index (χ4n) is 2.59. The van der Waals surface area contributed by atoms with E-state index in [9.17, 15) is 10.0 Å². The molecular formula is C18H17Cl2N3O2. The van der Waals surface area contributed by atoms with Gasteiger partial charge in [0.1, 0.15) is 5.52 Å². The Labute approximate surface area is 154 Å². The molecule has 25 heavy (non-hydrogen) atoms. The van der Waals surface area contributed by atoms with Crippen LogP contribution >= 0.6 is 23.2 Å². The molecule has 0 unspecified atom stereocenters. The summed E-state index contributed by atoms with van der Waals surface area (Å²) in [7, 11) is 0. The summed E-state index contributed by atoms with van der Waals surface area (Å²) < 4.78 is 2.31. The van der Waals surface area contributed by atoms with Crippen LogP contribution in [0.5, 0.6) is 0 Å². The number of halogens is 2. The van der Waals surface area contributed by atoms with Crippen molar-refractivity contribution in [2.24, 2.45) is 4.99 Å². The van der Waals surface area contributed by atoms with Gasteiger partial charge in [-0.05, 0) is 48.9 Å². The molecule has 7 heteroatoms. The first-order valence-corrected chi connectivity index (χ1v) is 8.71. The van der Waals surface area contributed by atoms with Gasteiger partial charge in [0.2, 0.25) is 5.49 Å². The van der Waals surface area contributed by atoms with Crippen molar-refractivity contribution in [2.45, 2.75) is 19.8 Å². The van der Waals surface area contributed by atoms with Gasteiger partial charge >= 0.3 is 5.56 Å². The summed E-state index contributed by atoms with van der Waals surface area (Å²) in [6.45, 7) is 2.49. The van der Waals surface area contributed by atoms with E-state index in [0.717, 1.165) is 17.6 Å². The van der Waals surface area contributed by atoms with E-state index in [-0.39, 0.29) is 5.49 Å². The van der Waals surface area contributed by atoms with Gasteiger partial charge in [0, 0.05) is 22.3 Å². The number of aromatic nitrogens is 2. The zero-order chi connectivity index (χ0) is 18.0.